The van der Waals surface area contributed by atoms with Crippen molar-refractivity contribution in [2.75, 3.05) is 0 Å². The van der Waals surface area contributed by atoms with Crippen LogP contribution in [0.1, 0.15) is 19.4 Å². The SMILES string of the molecule is CC(C)C(C#N)C(=O)NCc1cc[nH]c1. The van der Waals surface area contributed by atoms with Crippen LogP contribution in [0.15, 0.2) is 18.5 Å². The molecule has 1 rings (SSSR count). The van der Waals surface area contributed by atoms with Crippen LogP contribution in [-0.4, -0.2) is 10.9 Å². The Kier molecular flexibility index (Phi) is 3.92. The Labute approximate surface area is 89.3 Å². The number of aromatic amines is 1. The smallest absolute Gasteiger partial charge is 0.237 e. The molecule has 15 heavy (non-hydrogen) atoms. The van der Waals surface area contributed by atoms with Crippen molar-refractivity contribution in [3.8, 4) is 6.07 Å². The normalized spacial score (nSPS) is 12.1. The van der Waals surface area contributed by atoms with Gasteiger partial charge < -0.3 is 10.3 Å². The van der Waals surface area contributed by atoms with Crippen LogP contribution in [-0.2, 0) is 11.3 Å². The van der Waals surface area contributed by atoms with E-state index in [0.29, 0.717) is 6.54 Å². The second kappa shape index (κ2) is 5.20. The topological polar surface area (TPSA) is 68.7 Å². The molecule has 1 heterocycles. The molecular formula is C11H15N3O. The lowest BCUT2D eigenvalue weighted by Gasteiger charge is -2.12. The van der Waals surface area contributed by atoms with Gasteiger partial charge in [0.25, 0.3) is 0 Å². The highest BCUT2D eigenvalue weighted by molar-refractivity contribution is 5.81. The molecule has 0 aliphatic heterocycles. The van der Waals surface area contributed by atoms with Crippen molar-refractivity contribution < 1.29 is 4.79 Å². The molecule has 0 spiro atoms. The van der Waals surface area contributed by atoms with Crippen LogP contribution in [0.5, 0.6) is 0 Å². The van der Waals surface area contributed by atoms with E-state index in [1.807, 2.05) is 32.2 Å². The van der Waals surface area contributed by atoms with Crippen molar-refractivity contribution in [1.82, 2.24) is 10.3 Å². The molecule has 1 aromatic rings. The number of nitrogens with zero attached hydrogens (tertiary/aromatic N) is 1. The first-order valence-corrected chi connectivity index (χ1v) is 4.94. The molecule has 1 atom stereocenters. The number of carbonyl (C=O) groups is 1. The molecule has 1 unspecified atom stereocenters. The van der Waals surface area contributed by atoms with E-state index in [2.05, 4.69) is 10.3 Å². The molecule has 1 amide bonds. The summed E-state index contributed by atoms with van der Waals surface area (Å²) in [5, 5.41) is 11.5. The van der Waals surface area contributed by atoms with Gasteiger partial charge >= 0.3 is 0 Å². The van der Waals surface area contributed by atoms with Gasteiger partial charge in [0, 0.05) is 18.9 Å². The minimum Gasteiger partial charge on any atom is -0.367 e. The van der Waals surface area contributed by atoms with Gasteiger partial charge in [-0.1, -0.05) is 13.8 Å². The second-order valence-electron chi connectivity index (χ2n) is 3.79. The maximum Gasteiger partial charge on any atom is 0.237 e. The lowest BCUT2D eigenvalue weighted by Crippen LogP contribution is -2.32. The summed E-state index contributed by atoms with van der Waals surface area (Å²) in [6.07, 6.45) is 3.61. The largest absolute Gasteiger partial charge is 0.367 e. The molecule has 2 N–H and O–H groups in total. The minimum atomic E-state index is -0.566. The second-order valence-corrected chi connectivity index (χ2v) is 3.79. The van der Waals surface area contributed by atoms with Gasteiger partial charge in [-0.25, -0.2) is 0 Å². The van der Waals surface area contributed by atoms with Gasteiger partial charge in [-0.2, -0.15) is 5.26 Å². The molecule has 0 saturated carbocycles. The highest BCUT2D eigenvalue weighted by Crippen LogP contribution is 2.09. The number of nitrogens with one attached hydrogen (secondary N) is 2. The summed E-state index contributed by atoms with van der Waals surface area (Å²) in [6.45, 7) is 4.20. The molecular weight excluding hydrogens is 190 g/mol. The Morgan fingerprint density at radius 1 is 1.67 bits per heavy atom. The summed E-state index contributed by atoms with van der Waals surface area (Å²) in [7, 11) is 0. The standard InChI is InChI=1S/C11H15N3O/c1-8(2)10(5-12)11(15)14-7-9-3-4-13-6-9/h3-4,6,8,10,13H,7H2,1-2H3,(H,14,15). The summed E-state index contributed by atoms with van der Waals surface area (Å²) in [5.41, 5.74) is 1.00. The van der Waals surface area contributed by atoms with Crippen LogP contribution in [0.3, 0.4) is 0 Å². The predicted molar refractivity (Wildman–Crippen MR) is 56.6 cm³/mol. The lowest BCUT2D eigenvalue weighted by atomic mass is 9.97. The molecule has 4 heteroatoms. The fraction of sp³-hybridized carbons (Fsp3) is 0.455. The monoisotopic (exact) mass is 205 g/mol. The number of carbonyl (C=O) groups excluding carboxylic acids is 1. The van der Waals surface area contributed by atoms with E-state index in [4.69, 9.17) is 5.26 Å². The molecule has 0 aromatic carbocycles. The number of hydrogen-bond acceptors (Lipinski definition) is 2. The third-order valence-corrected chi connectivity index (χ3v) is 2.22. The average molecular weight is 205 g/mol. The van der Waals surface area contributed by atoms with Gasteiger partial charge in [-0.3, -0.25) is 4.79 Å². The van der Waals surface area contributed by atoms with E-state index in [9.17, 15) is 4.79 Å². The molecule has 0 radical (unpaired) electrons. The van der Waals surface area contributed by atoms with E-state index in [1.165, 1.54) is 0 Å². The number of hydrogen-bond donors (Lipinski definition) is 2. The van der Waals surface area contributed by atoms with Gasteiger partial charge in [0.1, 0.15) is 5.92 Å². The van der Waals surface area contributed by atoms with Crippen molar-refractivity contribution in [1.29, 1.82) is 5.26 Å². The van der Waals surface area contributed by atoms with Crippen LogP contribution in [0.4, 0.5) is 0 Å². The maximum absolute atomic E-state index is 11.6. The van der Waals surface area contributed by atoms with Crippen molar-refractivity contribution in [2.24, 2.45) is 11.8 Å². The zero-order chi connectivity index (χ0) is 11.3. The molecule has 0 bridgehead atoms. The third kappa shape index (κ3) is 3.13. The highest BCUT2D eigenvalue weighted by atomic mass is 16.1. The molecule has 4 nitrogen and oxygen atoms in total. The van der Waals surface area contributed by atoms with Crippen molar-refractivity contribution in [3.05, 3.63) is 24.0 Å². The van der Waals surface area contributed by atoms with E-state index in [-0.39, 0.29) is 11.8 Å². The van der Waals surface area contributed by atoms with Crippen LogP contribution >= 0.6 is 0 Å². The molecule has 1 aromatic heterocycles. The van der Waals surface area contributed by atoms with Gasteiger partial charge in [0.15, 0.2) is 0 Å². The summed E-state index contributed by atoms with van der Waals surface area (Å²) >= 11 is 0. The first kappa shape index (κ1) is 11.3. The zero-order valence-electron chi connectivity index (χ0n) is 8.95. The quantitative estimate of drug-likeness (QED) is 0.780. The third-order valence-electron chi connectivity index (χ3n) is 2.22. The molecule has 80 valence electrons. The zero-order valence-corrected chi connectivity index (χ0v) is 8.95. The molecule has 0 saturated heterocycles. The summed E-state index contributed by atoms with van der Waals surface area (Å²) in [5.74, 6) is -0.723. The lowest BCUT2D eigenvalue weighted by molar-refractivity contribution is -0.124. The van der Waals surface area contributed by atoms with Gasteiger partial charge in [0.2, 0.25) is 5.91 Å². The summed E-state index contributed by atoms with van der Waals surface area (Å²) < 4.78 is 0. The van der Waals surface area contributed by atoms with Crippen molar-refractivity contribution in [2.45, 2.75) is 20.4 Å². The minimum absolute atomic E-state index is 0.0428. The van der Waals surface area contributed by atoms with Gasteiger partial charge in [-0.15, -0.1) is 0 Å². The number of aromatic nitrogens is 1. The van der Waals surface area contributed by atoms with E-state index < -0.39 is 5.92 Å². The molecule has 0 fully saturated rings. The number of rotatable bonds is 4. The fourth-order valence-corrected chi connectivity index (χ4v) is 1.28. The van der Waals surface area contributed by atoms with Crippen LogP contribution in [0.2, 0.25) is 0 Å². The van der Waals surface area contributed by atoms with Crippen LogP contribution < -0.4 is 5.32 Å². The van der Waals surface area contributed by atoms with E-state index in [0.717, 1.165) is 5.56 Å². The average Bonchev–Trinajstić information content (AvgIpc) is 2.67. The van der Waals surface area contributed by atoms with Gasteiger partial charge in [0.05, 0.1) is 6.07 Å². The van der Waals surface area contributed by atoms with Crippen LogP contribution in [0.25, 0.3) is 0 Å². The number of nitriles is 1. The predicted octanol–water partition coefficient (Wildman–Crippen LogP) is 1.43. The van der Waals surface area contributed by atoms with Crippen molar-refractivity contribution in [3.63, 3.8) is 0 Å². The van der Waals surface area contributed by atoms with Crippen LogP contribution in [0, 0.1) is 23.2 Å². The number of amides is 1. The molecule has 0 aliphatic rings. The summed E-state index contributed by atoms with van der Waals surface area (Å²) in [6, 6.07) is 3.90. The van der Waals surface area contributed by atoms with E-state index in [1.54, 1.807) is 6.20 Å². The van der Waals surface area contributed by atoms with Gasteiger partial charge in [-0.05, 0) is 17.5 Å². The Morgan fingerprint density at radius 3 is 2.87 bits per heavy atom. The maximum atomic E-state index is 11.6. The first-order chi connectivity index (χ1) is 7.15. The fourth-order valence-electron chi connectivity index (χ4n) is 1.28. The van der Waals surface area contributed by atoms with E-state index >= 15 is 0 Å². The Balaban J connectivity index is 2.46. The Bertz CT molecular complexity index is 348. The Morgan fingerprint density at radius 2 is 2.40 bits per heavy atom. The first-order valence-electron chi connectivity index (χ1n) is 4.94. The molecule has 0 aliphatic carbocycles. The van der Waals surface area contributed by atoms with Crippen molar-refractivity contribution >= 4 is 5.91 Å². The number of H-pyrrole nitrogens is 1. The highest BCUT2D eigenvalue weighted by Gasteiger charge is 2.20. The summed E-state index contributed by atoms with van der Waals surface area (Å²) in [4.78, 5) is 14.5. The Hall–Kier alpha value is -1.76.